The molecule has 0 aromatic heterocycles. The zero-order valence-electron chi connectivity index (χ0n) is 22.4. The molecule has 0 aliphatic heterocycles. The van der Waals surface area contributed by atoms with Crippen molar-refractivity contribution >= 4 is 27.8 Å². The molecule has 200 valence electrons. The number of hydrogen-bond acceptors (Lipinski definition) is 8. The number of fused-ring (bicyclic) bond motifs is 2. The number of carbonyl (C=O) groups excluding carboxylic acids is 1. The Kier molecular flexibility index (Phi) is 6.47. The van der Waals surface area contributed by atoms with Crippen molar-refractivity contribution in [2.24, 2.45) is 0 Å². The lowest BCUT2D eigenvalue weighted by Gasteiger charge is -2.23. The molecule has 0 saturated heterocycles. The largest absolute Gasteiger partial charge is 0.507 e. The van der Waals surface area contributed by atoms with Crippen molar-refractivity contribution in [2.45, 2.75) is 53.4 Å². The van der Waals surface area contributed by atoms with Crippen LogP contribution in [0.5, 0.6) is 40.2 Å². The van der Waals surface area contributed by atoms with Crippen molar-refractivity contribution in [3.63, 3.8) is 0 Å². The summed E-state index contributed by atoms with van der Waals surface area (Å²) in [6.45, 7) is 10.8. The molecule has 0 radical (unpaired) electrons. The van der Waals surface area contributed by atoms with Crippen LogP contribution in [0.3, 0.4) is 0 Å². The summed E-state index contributed by atoms with van der Waals surface area (Å²) in [5.41, 5.74) is 2.02. The van der Waals surface area contributed by atoms with Gasteiger partial charge in [-0.2, -0.15) is 0 Å². The van der Waals surface area contributed by atoms with Gasteiger partial charge in [-0.25, -0.2) is 0 Å². The SMILES string of the molecule is COc1c(O)c(O)c(C(C)C)c2cc(C)c(-c3c(C)cc4c(C(C)C)c(O)c(O)c(C=O)c4c3O)c(O)c12. The van der Waals surface area contributed by atoms with Crippen molar-refractivity contribution in [3.05, 3.63) is 39.9 Å². The Morgan fingerprint density at radius 1 is 0.658 bits per heavy atom. The van der Waals surface area contributed by atoms with Crippen LogP contribution in [0.2, 0.25) is 0 Å². The predicted molar refractivity (Wildman–Crippen MR) is 146 cm³/mol. The first-order chi connectivity index (χ1) is 17.8. The number of phenols is 6. The summed E-state index contributed by atoms with van der Waals surface area (Å²) in [6, 6.07) is 3.43. The number of aromatic hydroxyl groups is 6. The van der Waals surface area contributed by atoms with Crippen LogP contribution in [0.4, 0.5) is 0 Å². The average molecular weight is 521 g/mol. The van der Waals surface area contributed by atoms with Gasteiger partial charge in [0.15, 0.2) is 29.3 Å². The van der Waals surface area contributed by atoms with Crippen LogP contribution in [0.15, 0.2) is 12.1 Å². The molecule has 0 aliphatic carbocycles. The minimum absolute atomic E-state index is 0.0434. The minimum Gasteiger partial charge on any atom is -0.507 e. The number of phenolic OH excluding ortho intramolecular Hbond substituents is 6. The number of aryl methyl sites for hydroxylation is 2. The number of methoxy groups -OCH3 is 1. The third kappa shape index (κ3) is 3.55. The first-order valence-corrected chi connectivity index (χ1v) is 12.3. The fourth-order valence-electron chi connectivity index (χ4n) is 5.62. The van der Waals surface area contributed by atoms with Gasteiger partial charge in [0.1, 0.15) is 11.5 Å². The second-order valence-corrected chi connectivity index (χ2v) is 10.3. The van der Waals surface area contributed by atoms with Crippen molar-refractivity contribution in [3.8, 4) is 51.4 Å². The summed E-state index contributed by atoms with van der Waals surface area (Å²) in [5.74, 6) is -3.16. The number of ether oxygens (including phenoxy) is 1. The lowest BCUT2D eigenvalue weighted by molar-refractivity contribution is 0.112. The quantitative estimate of drug-likeness (QED) is 0.128. The Hall–Kier alpha value is -4.33. The van der Waals surface area contributed by atoms with Crippen LogP contribution in [-0.2, 0) is 0 Å². The van der Waals surface area contributed by atoms with E-state index in [0.29, 0.717) is 39.3 Å². The molecule has 0 amide bonds. The van der Waals surface area contributed by atoms with E-state index in [4.69, 9.17) is 4.74 Å². The van der Waals surface area contributed by atoms with Gasteiger partial charge in [0, 0.05) is 27.6 Å². The Bertz CT molecular complexity index is 1650. The molecule has 0 fully saturated rings. The molecule has 4 rings (SSSR count). The lowest BCUT2D eigenvalue weighted by atomic mass is 9.84. The summed E-state index contributed by atoms with van der Waals surface area (Å²) in [5, 5.41) is 67.0. The maximum atomic E-state index is 12.0. The van der Waals surface area contributed by atoms with Gasteiger partial charge in [-0.05, 0) is 53.6 Å². The Labute approximate surface area is 220 Å². The zero-order valence-corrected chi connectivity index (χ0v) is 22.4. The van der Waals surface area contributed by atoms with Crippen molar-refractivity contribution < 1.29 is 40.2 Å². The molecular weight excluding hydrogens is 488 g/mol. The van der Waals surface area contributed by atoms with Gasteiger partial charge < -0.3 is 35.4 Å². The highest BCUT2D eigenvalue weighted by Crippen LogP contribution is 2.56. The second kappa shape index (κ2) is 9.20. The first kappa shape index (κ1) is 26.7. The van der Waals surface area contributed by atoms with E-state index in [1.807, 2.05) is 27.7 Å². The summed E-state index contributed by atoms with van der Waals surface area (Å²) in [4.78, 5) is 12.0. The van der Waals surface area contributed by atoms with E-state index in [9.17, 15) is 35.4 Å². The summed E-state index contributed by atoms with van der Waals surface area (Å²) in [6.07, 6.45) is 0.367. The summed E-state index contributed by atoms with van der Waals surface area (Å²) < 4.78 is 5.38. The molecule has 0 aliphatic rings. The van der Waals surface area contributed by atoms with Gasteiger partial charge in [-0.1, -0.05) is 33.8 Å². The molecule has 8 nitrogen and oxygen atoms in total. The maximum Gasteiger partial charge on any atom is 0.201 e. The summed E-state index contributed by atoms with van der Waals surface area (Å²) in [7, 11) is 1.31. The van der Waals surface area contributed by atoms with Gasteiger partial charge in [-0.15, -0.1) is 0 Å². The lowest BCUT2D eigenvalue weighted by Crippen LogP contribution is -2.00. The fraction of sp³-hybridized carbons (Fsp3) is 0.300. The van der Waals surface area contributed by atoms with Gasteiger partial charge in [0.2, 0.25) is 5.75 Å². The molecule has 0 saturated carbocycles. The van der Waals surface area contributed by atoms with Gasteiger partial charge >= 0.3 is 0 Å². The number of benzene rings is 4. The van der Waals surface area contributed by atoms with Crippen LogP contribution >= 0.6 is 0 Å². The zero-order chi connectivity index (χ0) is 28.4. The van der Waals surface area contributed by atoms with Gasteiger partial charge in [0.25, 0.3) is 0 Å². The predicted octanol–water partition coefficient (Wildman–Crippen LogP) is 6.58. The molecule has 4 aromatic rings. The van der Waals surface area contributed by atoms with E-state index in [-0.39, 0.29) is 62.3 Å². The number of aldehydes is 1. The monoisotopic (exact) mass is 520 g/mol. The third-order valence-electron chi connectivity index (χ3n) is 7.23. The topological polar surface area (TPSA) is 148 Å². The maximum absolute atomic E-state index is 12.0. The van der Waals surface area contributed by atoms with E-state index in [1.165, 1.54) is 7.11 Å². The van der Waals surface area contributed by atoms with Gasteiger partial charge in [-0.3, -0.25) is 4.79 Å². The third-order valence-corrected chi connectivity index (χ3v) is 7.23. The molecule has 0 atom stereocenters. The van der Waals surface area contributed by atoms with Crippen LogP contribution < -0.4 is 4.74 Å². The van der Waals surface area contributed by atoms with Crippen molar-refractivity contribution in [1.82, 2.24) is 0 Å². The van der Waals surface area contributed by atoms with Crippen LogP contribution in [0.25, 0.3) is 32.7 Å². The molecule has 8 heteroatoms. The smallest absolute Gasteiger partial charge is 0.201 e. The second-order valence-electron chi connectivity index (χ2n) is 10.3. The molecule has 0 bridgehead atoms. The number of rotatable bonds is 5. The molecule has 6 N–H and O–H groups in total. The summed E-state index contributed by atoms with van der Waals surface area (Å²) >= 11 is 0. The standard InChI is InChI=1S/C30H32O8/c1-11(2)18-15-8-13(5)20(25(33)22(15)17(10-31)24(32)27(18)35)21-14(6)9-16-19(12(3)4)28(36)29(37)30(38-7)23(16)26(21)34/h8-12,32-37H,1-7H3. The van der Waals surface area contributed by atoms with E-state index in [1.54, 1.807) is 26.0 Å². The Morgan fingerprint density at radius 3 is 1.50 bits per heavy atom. The van der Waals surface area contributed by atoms with E-state index >= 15 is 0 Å². The molecule has 38 heavy (non-hydrogen) atoms. The molecule has 0 heterocycles. The fourth-order valence-corrected chi connectivity index (χ4v) is 5.62. The van der Waals surface area contributed by atoms with Crippen LogP contribution in [0, 0.1) is 13.8 Å². The van der Waals surface area contributed by atoms with E-state index < -0.39 is 17.2 Å². The highest BCUT2D eigenvalue weighted by Gasteiger charge is 2.30. The minimum atomic E-state index is -0.635. The van der Waals surface area contributed by atoms with Crippen LogP contribution in [-0.4, -0.2) is 44.0 Å². The molecular formula is C30H32O8. The highest BCUT2D eigenvalue weighted by molar-refractivity contribution is 6.12. The van der Waals surface area contributed by atoms with Gasteiger partial charge in [0.05, 0.1) is 18.1 Å². The highest BCUT2D eigenvalue weighted by atomic mass is 16.5. The van der Waals surface area contributed by atoms with E-state index in [2.05, 4.69) is 0 Å². The number of hydrogen-bond donors (Lipinski definition) is 6. The van der Waals surface area contributed by atoms with Crippen molar-refractivity contribution in [1.29, 1.82) is 0 Å². The molecule has 0 unspecified atom stereocenters. The van der Waals surface area contributed by atoms with Crippen molar-refractivity contribution in [2.75, 3.05) is 7.11 Å². The Balaban J connectivity index is 2.26. The Morgan fingerprint density at radius 2 is 1.08 bits per heavy atom. The molecule has 0 spiro atoms. The van der Waals surface area contributed by atoms with E-state index in [0.717, 1.165) is 0 Å². The molecule has 4 aromatic carbocycles. The first-order valence-electron chi connectivity index (χ1n) is 12.3. The average Bonchev–Trinajstić information content (AvgIpc) is 2.83. The normalized spacial score (nSPS) is 11.7. The van der Waals surface area contributed by atoms with Crippen LogP contribution in [0.1, 0.15) is 72.1 Å². The number of carbonyl (C=O) groups is 1.